The Hall–Kier alpha value is -1.27. The summed E-state index contributed by atoms with van der Waals surface area (Å²) in [7, 11) is 0. The lowest BCUT2D eigenvalue weighted by atomic mass is 10.1. The van der Waals surface area contributed by atoms with E-state index in [0.29, 0.717) is 12.5 Å². The molecule has 2 aromatic rings. The van der Waals surface area contributed by atoms with Crippen LogP contribution >= 0.6 is 11.5 Å². The van der Waals surface area contributed by atoms with Crippen LogP contribution in [0.1, 0.15) is 68.4 Å². The fourth-order valence-electron chi connectivity index (χ4n) is 2.52. The monoisotopic (exact) mass is 308 g/mol. The highest BCUT2D eigenvalue weighted by molar-refractivity contribution is 7.05. The van der Waals surface area contributed by atoms with Crippen LogP contribution < -0.4 is 0 Å². The van der Waals surface area contributed by atoms with Gasteiger partial charge in [-0.05, 0) is 36.9 Å². The van der Waals surface area contributed by atoms with Crippen LogP contribution in [0.15, 0.2) is 12.3 Å². The minimum atomic E-state index is -0.559. The van der Waals surface area contributed by atoms with E-state index >= 15 is 0 Å². The summed E-state index contributed by atoms with van der Waals surface area (Å²) in [6.07, 6.45) is 5.99. The van der Waals surface area contributed by atoms with Crippen molar-refractivity contribution in [3.05, 3.63) is 28.5 Å². The molecular weight excluding hydrogens is 284 g/mol. The second kappa shape index (κ2) is 7.66. The van der Waals surface area contributed by atoms with Crippen molar-refractivity contribution in [3.63, 3.8) is 0 Å². The van der Waals surface area contributed by atoms with Crippen LogP contribution in [-0.4, -0.2) is 24.5 Å². The smallest absolute Gasteiger partial charge is 0.0973 e. The molecule has 2 rings (SSSR count). The van der Waals surface area contributed by atoms with Gasteiger partial charge in [-0.2, -0.15) is 5.10 Å². The Labute approximate surface area is 130 Å². The highest BCUT2D eigenvalue weighted by Crippen LogP contribution is 2.25. The van der Waals surface area contributed by atoms with E-state index in [1.807, 2.05) is 16.9 Å². The number of rotatable bonds is 8. The van der Waals surface area contributed by atoms with Crippen molar-refractivity contribution in [3.8, 4) is 0 Å². The van der Waals surface area contributed by atoms with E-state index in [0.717, 1.165) is 41.9 Å². The Bertz CT molecular complexity index is 547. The highest BCUT2D eigenvalue weighted by Gasteiger charge is 2.18. The standard InChI is InChI=1S/C15H24N4OS/c1-4-7-13-15(21-18-16-13)14(20)10-11-8-9-19(17-11)12(5-2)6-3/h8-9,12,14,20H,4-7,10H2,1-3H3. The van der Waals surface area contributed by atoms with Crippen LogP contribution in [-0.2, 0) is 12.8 Å². The summed E-state index contributed by atoms with van der Waals surface area (Å²) in [5.74, 6) is 0. The van der Waals surface area contributed by atoms with Gasteiger partial charge in [-0.1, -0.05) is 31.7 Å². The summed E-state index contributed by atoms with van der Waals surface area (Å²) < 4.78 is 5.98. The van der Waals surface area contributed by atoms with Crippen LogP contribution in [0.2, 0.25) is 0 Å². The van der Waals surface area contributed by atoms with Gasteiger partial charge in [-0.25, -0.2) is 0 Å². The number of aliphatic hydroxyl groups excluding tert-OH is 1. The summed E-state index contributed by atoms with van der Waals surface area (Å²) >= 11 is 1.29. The van der Waals surface area contributed by atoms with Gasteiger partial charge in [0, 0.05) is 12.6 Å². The zero-order valence-corrected chi connectivity index (χ0v) is 13.8. The number of aromatic nitrogens is 4. The van der Waals surface area contributed by atoms with E-state index in [1.165, 1.54) is 11.5 Å². The van der Waals surface area contributed by atoms with Crippen molar-refractivity contribution in [1.29, 1.82) is 0 Å². The molecule has 0 amide bonds. The van der Waals surface area contributed by atoms with Crippen molar-refractivity contribution in [2.75, 3.05) is 0 Å². The maximum atomic E-state index is 10.4. The lowest BCUT2D eigenvalue weighted by molar-refractivity contribution is 0.179. The molecule has 5 nitrogen and oxygen atoms in total. The minimum Gasteiger partial charge on any atom is -0.387 e. The SMILES string of the molecule is CCCc1nnsc1C(O)Cc1ccn(C(CC)CC)n1. The first kappa shape index (κ1) is 16.1. The Morgan fingerprint density at radius 2 is 2.05 bits per heavy atom. The highest BCUT2D eigenvalue weighted by atomic mass is 32.1. The predicted molar refractivity (Wildman–Crippen MR) is 84.4 cm³/mol. The summed E-state index contributed by atoms with van der Waals surface area (Å²) in [6.45, 7) is 6.45. The van der Waals surface area contributed by atoms with Crippen LogP contribution in [0.5, 0.6) is 0 Å². The van der Waals surface area contributed by atoms with Crippen molar-refractivity contribution in [1.82, 2.24) is 19.4 Å². The van der Waals surface area contributed by atoms with E-state index in [1.54, 1.807) is 0 Å². The zero-order valence-electron chi connectivity index (χ0n) is 13.0. The van der Waals surface area contributed by atoms with Gasteiger partial charge in [0.1, 0.15) is 0 Å². The first-order chi connectivity index (χ1) is 10.2. The molecule has 0 bridgehead atoms. The van der Waals surface area contributed by atoms with E-state index in [9.17, 15) is 5.11 Å². The van der Waals surface area contributed by atoms with Crippen LogP contribution in [0, 0.1) is 0 Å². The van der Waals surface area contributed by atoms with Crippen molar-refractivity contribution < 1.29 is 5.11 Å². The number of nitrogens with zero attached hydrogens (tertiary/aromatic N) is 4. The summed E-state index contributed by atoms with van der Waals surface area (Å²) in [6, 6.07) is 2.44. The van der Waals surface area contributed by atoms with E-state index in [2.05, 4.69) is 35.5 Å². The fourth-order valence-corrected chi connectivity index (χ4v) is 3.20. The molecule has 1 unspecified atom stereocenters. The topological polar surface area (TPSA) is 63.8 Å². The largest absolute Gasteiger partial charge is 0.387 e. The normalized spacial score (nSPS) is 13.0. The number of hydrogen-bond acceptors (Lipinski definition) is 5. The Morgan fingerprint density at radius 1 is 1.29 bits per heavy atom. The van der Waals surface area contributed by atoms with Crippen LogP contribution in [0.4, 0.5) is 0 Å². The number of aryl methyl sites for hydroxylation is 1. The molecule has 0 radical (unpaired) electrons. The van der Waals surface area contributed by atoms with Gasteiger partial charge in [-0.15, -0.1) is 5.10 Å². The quantitative estimate of drug-likeness (QED) is 0.812. The number of hydrogen-bond donors (Lipinski definition) is 1. The third-order valence-corrected chi connectivity index (χ3v) is 4.62. The maximum Gasteiger partial charge on any atom is 0.0973 e. The Kier molecular flexibility index (Phi) is 5.87. The van der Waals surface area contributed by atoms with E-state index in [-0.39, 0.29) is 0 Å². The Balaban J connectivity index is 2.05. The minimum absolute atomic E-state index is 0.441. The average Bonchev–Trinajstić information content (AvgIpc) is 3.10. The third kappa shape index (κ3) is 3.89. The van der Waals surface area contributed by atoms with E-state index in [4.69, 9.17) is 0 Å². The van der Waals surface area contributed by atoms with Crippen LogP contribution in [0.25, 0.3) is 0 Å². The van der Waals surface area contributed by atoms with Gasteiger partial charge < -0.3 is 5.11 Å². The molecule has 0 aliphatic carbocycles. The van der Waals surface area contributed by atoms with Gasteiger partial charge in [0.15, 0.2) is 0 Å². The molecule has 0 spiro atoms. The second-order valence-electron chi connectivity index (χ2n) is 5.31. The maximum absolute atomic E-state index is 10.4. The molecule has 116 valence electrons. The lowest BCUT2D eigenvalue weighted by Gasteiger charge is -2.12. The summed E-state index contributed by atoms with van der Waals surface area (Å²) in [5, 5.41) is 19.1. The summed E-state index contributed by atoms with van der Waals surface area (Å²) in [4.78, 5) is 0.883. The van der Waals surface area contributed by atoms with Crippen LogP contribution in [0.3, 0.4) is 0 Å². The molecule has 2 heterocycles. The molecule has 0 fully saturated rings. The fraction of sp³-hybridized carbons (Fsp3) is 0.667. The van der Waals surface area contributed by atoms with Gasteiger partial charge in [0.25, 0.3) is 0 Å². The van der Waals surface area contributed by atoms with Crippen molar-refractivity contribution in [2.45, 2.75) is 65.0 Å². The van der Waals surface area contributed by atoms with Gasteiger partial charge in [0.05, 0.1) is 28.4 Å². The molecule has 0 aromatic carbocycles. The first-order valence-electron chi connectivity index (χ1n) is 7.72. The average molecular weight is 308 g/mol. The first-order valence-corrected chi connectivity index (χ1v) is 8.50. The molecule has 0 saturated carbocycles. The molecular formula is C15H24N4OS. The molecule has 6 heteroatoms. The zero-order chi connectivity index (χ0) is 15.2. The molecule has 0 saturated heterocycles. The summed E-state index contributed by atoms with van der Waals surface area (Å²) in [5.41, 5.74) is 1.85. The molecule has 0 aliphatic heterocycles. The molecule has 0 aliphatic rings. The molecule has 21 heavy (non-hydrogen) atoms. The van der Waals surface area contributed by atoms with Gasteiger partial charge >= 0.3 is 0 Å². The van der Waals surface area contributed by atoms with Crippen molar-refractivity contribution >= 4 is 11.5 Å². The van der Waals surface area contributed by atoms with Gasteiger partial charge in [-0.3, -0.25) is 4.68 Å². The Morgan fingerprint density at radius 3 is 2.71 bits per heavy atom. The van der Waals surface area contributed by atoms with Crippen molar-refractivity contribution in [2.24, 2.45) is 0 Å². The third-order valence-electron chi connectivity index (χ3n) is 3.76. The second-order valence-corrected chi connectivity index (χ2v) is 6.10. The molecule has 1 atom stereocenters. The molecule has 2 aromatic heterocycles. The van der Waals surface area contributed by atoms with E-state index < -0.39 is 6.10 Å². The number of aliphatic hydroxyl groups is 1. The predicted octanol–water partition coefficient (Wildman–Crippen LogP) is 3.32. The van der Waals surface area contributed by atoms with Gasteiger partial charge in [0.2, 0.25) is 0 Å². The lowest BCUT2D eigenvalue weighted by Crippen LogP contribution is -2.09. The molecule has 1 N–H and O–H groups in total.